The standard InChI is InChI=1S/C20H24F2N2.2ClH/c21-19-10-18(11-20(22)12-19)9-17-6-8-24(14-17)13-16-3-1-15(2-4-16)5-7-23;;/h1-4,10-12,17H,5-9,13-14,23H2;2*1H. The molecule has 0 saturated carbocycles. The molecule has 1 heterocycles. The lowest BCUT2D eigenvalue weighted by Gasteiger charge is -2.16. The number of nitrogens with zero attached hydrogens (tertiary/aromatic N) is 1. The van der Waals surface area contributed by atoms with Gasteiger partial charge in [0.1, 0.15) is 11.6 Å². The van der Waals surface area contributed by atoms with E-state index in [9.17, 15) is 8.78 Å². The first-order valence-corrected chi connectivity index (χ1v) is 8.57. The SMILES string of the molecule is Cl.Cl.NCCc1ccc(CN2CCC(Cc3cc(F)cc(F)c3)C2)cc1. The van der Waals surface area contributed by atoms with E-state index in [2.05, 4.69) is 29.2 Å². The molecule has 0 amide bonds. The maximum atomic E-state index is 13.3. The number of rotatable bonds is 6. The van der Waals surface area contributed by atoms with Crippen molar-refractivity contribution in [1.82, 2.24) is 4.90 Å². The van der Waals surface area contributed by atoms with Crippen molar-refractivity contribution in [1.29, 1.82) is 0 Å². The zero-order valence-corrected chi connectivity index (χ0v) is 16.3. The highest BCUT2D eigenvalue weighted by Gasteiger charge is 2.23. The van der Waals surface area contributed by atoms with E-state index >= 15 is 0 Å². The van der Waals surface area contributed by atoms with Crippen LogP contribution in [-0.4, -0.2) is 24.5 Å². The minimum atomic E-state index is -0.488. The second-order valence-electron chi connectivity index (χ2n) is 6.73. The molecule has 2 aromatic rings. The van der Waals surface area contributed by atoms with Crippen molar-refractivity contribution in [2.45, 2.75) is 25.8 Å². The zero-order chi connectivity index (χ0) is 16.9. The van der Waals surface area contributed by atoms with Gasteiger partial charge in [0.15, 0.2) is 0 Å². The van der Waals surface area contributed by atoms with Gasteiger partial charge in [-0.05, 0) is 67.1 Å². The molecule has 2 N–H and O–H groups in total. The lowest BCUT2D eigenvalue weighted by Crippen LogP contribution is -2.20. The average Bonchev–Trinajstić information content (AvgIpc) is 2.95. The van der Waals surface area contributed by atoms with Crippen molar-refractivity contribution in [2.75, 3.05) is 19.6 Å². The van der Waals surface area contributed by atoms with Gasteiger partial charge in [0, 0.05) is 19.2 Å². The molecule has 0 radical (unpaired) electrons. The smallest absolute Gasteiger partial charge is 0.126 e. The summed E-state index contributed by atoms with van der Waals surface area (Å²) in [6, 6.07) is 12.4. The summed E-state index contributed by atoms with van der Waals surface area (Å²) in [5.41, 5.74) is 8.90. The number of benzene rings is 2. The first kappa shape index (κ1) is 22.8. The predicted molar refractivity (Wildman–Crippen MR) is 107 cm³/mol. The largest absolute Gasteiger partial charge is 0.330 e. The monoisotopic (exact) mass is 402 g/mol. The van der Waals surface area contributed by atoms with Gasteiger partial charge < -0.3 is 5.73 Å². The van der Waals surface area contributed by atoms with Crippen LogP contribution in [-0.2, 0) is 19.4 Å². The molecule has 1 aliphatic heterocycles. The van der Waals surface area contributed by atoms with Gasteiger partial charge in [-0.15, -0.1) is 24.8 Å². The third-order valence-electron chi connectivity index (χ3n) is 4.68. The molecule has 1 fully saturated rings. The van der Waals surface area contributed by atoms with Crippen LogP contribution in [0.4, 0.5) is 8.78 Å². The summed E-state index contributed by atoms with van der Waals surface area (Å²) in [6.45, 7) is 3.61. The molecule has 26 heavy (non-hydrogen) atoms. The summed E-state index contributed by atoms with van der Waals surface area (Å²) in [5, 5.41) is 0. The van der Waals surface area contributed by atoms with Gasteiger partial charge in [0.05, 0.1) is 0 Å². The number of halogens is 4. The van der Waals surface area contributed by atoms with E-state index in [1.807, 2.05) is 0 Å². The van der Waals surface area contributed by atoms with Gasteiger partial charge in [-0.25, -0.2) is 8.78 Å². The Morgan fingerprint density at radius 2 is 1.54 bits per heavy atom. The molecule has 1 saturated heterocycles. The second kappa shape index (κ2) is 10.8. The lowest BCUT2D eigenvalue weighted by molar-refractivity contribution is 0.316. The predicted octanol–water partition coefficient (Wildman–Crippen LogP) is 4.37. The Morgan fingerprint density at radius 1 is 0.923 bits per heavy atom. The summed E-state index contributed by atoms with van der Waals surface area (Å²) in [6.07, 6.45) is 2.72. The Labute approximate surface area is 166 Å². The first-order valence-electron chi connectivity index (χ1n) is 8.57. The Bertz CT molecular complexity index is 660. The molecular weight excluding hydrogens is 377 g/mol. The number of nitrogens with two attached hydrogens (primary N) is 1. The van der Waals surface area contributed by atoms with Crippen molar-refractivity contribution in [3.8, 4) is 0 Å². The molecule has 2 aromatic carbocycles. The van der Waals surface area contributed by atoms with Crippen molar-refractivity contribution in [2.24, 2.45) is 11.7 Å². The van der Waals surface area contributed by atoms with E-state index in [4.69, 9.17) is 5.73 Å². The molecule has 0 aromatic heterocycles. The van der Waals surface area contributed by atoms with E-state index in [-0.39, 0.29) is 24.8 Å². The van der Waals surface area contributed by atoms with E-state index in [0.717, 1.165) is 50.5 Å². The van der Waals surface area contributed by atoms with E-state index < -0.39 is 11.6 Å². The van der Waals surface area contributed by atoms with Crippen molar-refractivity contribution in [3.05, 3.63) is 70.8 Å². The maximum absolute atomic E-state index is 13.3. The molecule has 3 rings (SSSR count). The molecule has 1 unspecified atom stereocenters. The molecule has 144 valence electrons. The molecule has 0 bridgehead atoms. The minimum Gasteiger partial charge on any atom is -0.330 e. The van der Waals surface area contributed by atoms with E-state index in [0.29, 0.717) is 12.5 Å². The van der Waals surface area contributed by atoms with Gasteiger partial charge in [-0.2, -0.15) is 0 Å². The molecule has 6 heteroatoms. The quantitative estimate of drug-likeness (QED) is 0.776. The topological polar surface area (TPSA) is 29.3 Å². The molecule has 2 nitrogen and oxygen atoms in total. The van der Waals surface area contributed by atoms with Crippen LogP contribution in [0.3, 0.4) is 0 Å². The highest BCUT2D eigenvalue weighted by molar-refractivity contribution is 5.85. The van der Waals surface area contributed by atoms with Crippen LogP contribution in [0.2, 0.25) is 0 Å². The summed E-state index contributed by atoms with van der Waals surface area (Å²) in [7, 11) is 0. The fourth-order valence-electron chi connectivity index (χ4n) is 3.52. The summed E-state index contributed by atoms with van der Waals surface area (Å²) in [5.74, 6) is -0.516. The third-order valence-corrected chi connectivity index (χ3v) is 4.68. The Morgan fingerprint density at radius 3 is 2.15 bits per heavy atom. The fourth-order valence-corrected chi connectivity index (χ4v) is 3.52. The molecular formula is C20H26Cl2F2N2. The summed E-state index contributed by atoms with van der Waals surface area (Å²) >= 11 is 0. The lowest BCUT2D eigenvalue weighted by atomic mass is 9.98. The normalized spacial score (nSPS) is 16.8. The van der Waals surface area contributed by atoms with E-state index in [1.165, 1.54) is 23.3 Å². The van der Waals surface area contributed by atoms with Crippen LogP contribution in [0.25, 0.3) is 0 Å². The van der Waals surface area contributed by atoms with Gasteiger partial charge >= 0.3 is 0 Å². The van der Waals surface area contributed by atoms with Crippen LogP contribution in [0.5, 0.6) is 0 Å². The average molecular weight is 403 g/mol. The second-order valence-corrected chi connectivity index (χ2v) is 6.73. The molecule has 1 aliphatic rings. The third kappa shape index (κ3) is 6.51. The van der Waals surface area contributed by atoms with E-state index in [1.54, 1.807) is 0 Å². The van der Waals surface area contributed by atoms with Crippen LogP contribution < -0.4 is 5.73 Å². The molecule has 0 spiro atoms. The highest BCUT2D eigenvalue weighted by atomic mass is 35.5. The Hall–Kier alpha value is -1.20. The van der Waals surface area contributed by atoms with Crippen LogP contribution in [0.1, 0.15) is 23.1 Å². The maximum Gasteiger partial charge on any atom is 0.126 e. The number of hydrogen-bond acceptors (Lipinski definition) is 2. The fraction of sp³-hybridized carbons (Fsp3) is 0.400. The summed E-state index contributed by atoms with van der Waals surface area (Å²) in [4.78, 5) is 2.41. The van der Waals surface area contributed by atoms with Crippen LogP contribution in [0, 0.1) is 17.6 Å². The highest BCUT2D eigenvalue weighted by Crippen LogP contribution is 2.23. The van der Waals surface area contributed by atoms with Gasteiger partial charge in [0.2, 0.25) is 0 Å². The molecule has 1 atom stereocenters. The van der Waals surface area contributed by atoms with Crippen LogP contribution in [0.15, 0.2) is 42.5 Å². The van der Waals surface area contributed by atoms with Crippen molar-refractivity contribution >= 4 is 24.8 Å². The number of hydrogen-bond donors (Lipinski definition) is 1. The summed E-state index contributed by atoms with van der Waals surface area (Å²) < 4.78 is 26.6. The molecule has 0 aliphatic carbocycles. The van der Waals surface area contributed by atoms with Gasteiger partial charge in [-0.1, -0.05) is 24.3 Å². The minimum absolute atomic E-state index is 0. The first-order chi connectivity index (χ1) is 11.6. The zero-order valence-electron chi connectivity index (χ0n) is 14.7. The number of likely N-dealkylation sites (tertiary alicyclic amines) is 1. The van der Waals surface area contributed by atoms with Gasteiger partial charge in [-0.3, -0.25) is 4.90 Å². The Kier molecular flexibility index (Phi) is 9.51. The van der Waals surface area contributed by atoms with Gasteiger partial charge in [0.25, 0.3) is 0 Å². The van der Waals surface area contributed by atoms with Crippen molar-refractivity contribution < 1.29 is 8.78 Å². The Balaban J connectivity index is 0.00000169. The van der Waals surface area contributed by atoms with Crippen LogP contribution >= 0.6 is 24.8 Å². The van der Waals surface area contributed by atoms with Crippen molar-refractivity contribution in [3.63, 3.8) is 0 Å².